The summed E-state index contributed by atoms with van der Waals surface area (Å²) < 4.78 is 23.4. The Balaban J connectivity index is 1.64. The highest BCUT2D eigenvalue weighted by atomic mass is 19.1. The second-order valence-corrected chi connectivity index (χ2v) is 4.33. The Morgan fingerprint density at radius 2 is 1.70 bits per heavy atom. The predicted molar refractivity (Wildman–Crippen MR) is 77.5 cm³/mol. The van der Waals surface area contributed by atoms with E-state index in [0.29, 0.717) is 19.8 Å². The molecule has 0 saturated carbocycles. The van der Waals surface area contributed by atoms with E-state index in [0.717, 1.165) is 17.0 Å². The number of nitrogens with one attached hydrogen (secondary N) is 1. The van der Waals surface area contributed by atoms with Crippen molar-refractivity contribution in [1.82, 2.24) is 0 Å². The number of benzene rings is 2. The molecule has 0 aromatic heterocycles. The molecule has 106 valence electrons. The SMILES string of the molecule is COc1ccc(COCCNc2ccc(F)cc2)cc1. The molecule has 0 spiro atoms. The van der Waals surface area contributed by atoms with E-state index in [1.165, 1.54) is 12.1 Å². The highest BCUT2D eigenvalue weighted by Gasteiger charge is 1.96. The van der Waals surface area contributed by atoms with Gasteiger partial charge in [-0.15, -0.1) is 0 Å². The first kappa shape index (κ1) is 14.3. The van der Waals surface area contributed by atoms with Gasteiger partial charge in [0.1, 0.15) is 11.6 Å². The fraction of sp³-hybridized carbons (Fsp3) is 0.250. The van der Waals surface area contributed by atoms with Crippen molar-refractivity contribution in [2.24, 2.45) is 0 Å². The summed E-state index contributed by atoms with van der Waals surface area (Å²) in [5, 5.41) is 3.16. The van der Waals surface area contributed by atoms with E-state index in [-0.39, 0.29) is 5.82 Å². The van der Waals surface area contributed by atoms with E-state index in [4.69, 9.17) is 9.47 Å². The standard InChI is InChI=1S/C16H18FNO2/c1-19-16-8-2-13(3-9-16)12-20-11-10-18-15-6-4-14(17)5-7-15/h2-9,18H,10-12H2,1H3. The summed E-state index contributed by atoms with van der Waals surface area (Å²) in [5.74, 6) is 0.609. The van der Waals surface area contributed by atoms with Gasteiger partial charge in [-0.2, -0.15) is 0 Å². The summed E-state index contributed by atoms with van der Waals surface area (Å²) in [5.41, 5.74) is 1.99. The largest absolute Gasteiger partial charge is 0.497 e. The van der Waals surface area contributed by atoms with E-state index >= 15 is 0 Å². The van der Waals surface area contributed by atoms with Gasteiger partial charge in [0.15, 0.2) is 0 Å². The predicted octanol–water partition coefficient (Wildman–Crippen LogP) is 3.46. The normalized spacial score (nSPS) is 10.3. The van der Waals surface area contributed by atoms with Crippen molar-refractivity contribution in [3.63, 3.8) is 0 Å². The van der Waals surface area contributed by atoms with Crippen molar-refractivity contribution >= 4 is 5.69 Å². The van der Waals surface area contributed by atoms with Crippen LogP contribution in [0.3, 0.4) is 0 Å². The summed E-state index contributed by atoms with van der Waals surface area (Å²) in [6, 6.07) is 14.1. The number of hydrogen-bond acceptors (Lipinski definition) is 3. The Hall–Kier alpha value is -2.07. The van der Waals surface area contributed by atoms with E-state index in [9.17, 15) is 4.39 Å². The van der Waals surface area contributed by atoms with Gasteiger partial charge in [0.2, 0.25) is 0 Å². The fourth-order valence-electron chi connectivity index (χ4n) is 1.75. The monoisotopic (exact) mass is 275 g/mol. The molecule has 3 nitrogen and oxygen atoms in total. The van der Waals surface area contributed by atoms with Crippen LogP contribution in [0.15, 0.2) is 48.5 Å². The molecule has 0 aliphatic rings. The van der Waals surface area contributed by atoms with Crippen LogP contribution in [-0.2, 0) is 11.3 Å². The van der Waals surface area contributed by atoms with Crippen molar-refractivity contribution < 1.29 is 13.9 Å². The summed E-state index contributed by atoms with van der Waals surface area (Å²) in [4.78, 5) is 0. The Kier molecular flexibility index (Phi) is 5.38. The third-order valence-corrected chi connectivity index (χ3v) is 2.85. The highest BCUT2D eigenvalue weighted by molar-refractivity contribution is 5.42. The third-order valence-electron chi connectivity index (χ3n) is 2.85. The lowest BCUT2D eigenvalue weighted by molar-refractivity contribution is 0.130. The Morgan fingerprint density at radius 3 is 2.35 bits per heavy atom. The number of rotatable bonds is 7. The molecule has 0 fully saturated rings. The van der Waals surface area contributed by atoms with Crippen molar-refractivity contribution in [1.29, 1.82) is 0 Å². The highest BCUT2D eigenvalue weighted by Crippen LogP contribution is 2.12. The summed E-state index contributed by atoms with van der Waals surface area (Å²) in [6.07, 6.45) is 0. The van der Waals surface area contributed by atoms with Crippen molar-refractivity contribution in [3.8, 4) is 5.75 Å². The van der Waals surface area contributed by atoms with Gasteiger partial charge in [0.25, 0.3) is 0 Å². The van der Waals surface area contributed by atoms with Gasteiger partial charge in [0, 0.05) is 12.2 Å². The van der Waals surface area contributed by atoms with Crippen LogP contribution in [-0.4, -0.2) is 20.3 Å². The number of hydrogen-bond donors (Lipinski definition) is 1. The van der Waals surface area contributed by atoms with Gasteiger partial charge >= 0.3 is 0 Å². The molecular weight excluding hydrogens is 257 g/mol. The summed E-state index contributed by atoms with van der Waals surface area (Å²) >= 11 is 0. The van der Waals surface area contributed by atoms with E-state index in [2.05, 4.69) is 5.32 Å². The number of halogens is 1. The molecule has 0 unspecified atom stereocenters. The van der Waals surface area contributed by atoms with Gasteiger partial charge in [-0.3, -0.25) is 0 Å². The Bertz CT molecular complexity index is 511. The van der Waals surface area contributed by atoms with Crippen LogP contribution in [0.1, 0.15) is 5.56 Å². The van der Waals surface area contributed by atoms with Crippen LogP contribution in [0.25, 0.3) is 0 Å². The fourth-order valence-corrected chi connectivity index (χ4v) is 1.75. The van der Waals surface area contributed by atoms with Gasteiger partial charge in [-0.05, 0) is 42.0 Å². The minimum atomic E-state index is -0.230. The molecule has 0 saturated heterocycles. The maximum atomic E-state index is 12.7. The topological polar surface area (TPSA) is 30.5 Å². The average Bonchev–Trinajstić information content (AvgIpc) is 2.49. The molecule has 0 heterocycles. The van der Waals surface area contributed by atoms with Crippen molar-refractivity contribution in [3.05, 3.63) is 59.9 Å². The average molecular weight is 275 g/mol. The smallest absolute Gasteiger partial charge is 0.123 e. The lowest BCUT2D eigenvalue weighted by Crippen LogP contribution is -2.09. The lowest BCUT2D eigenvalue weighted by atomic mass is 10.2. The zero-order valence-corrected chi connectivity index (χ0v) is 11.4. The zero-order chi connectivity index (χ0) is 14.2. The van der Waals surface area contributed by atoms with Crippen molar-refractivity contribution in [2.75, 3.05) is 25.6 Å². The van der Waals surface area contributed by atoms with Crippen LogP contribution in [0.4, 0.5) is 10.1 Å². The number of anilines is 1. The lowest BCUT2D eigenvalue weighted by Gasteiger charge is -2.08. The van der Waals surface area contributed by atoms with Crippen LogP contribution in [0.5, 0.6) is 5.75 Å². The minimum Gasteiger partial charge on any atom is -0.497 e. The molecule has 2 aromatic carbocycles. The van der Waals surface area contributed by atoms with Gasteiger partial charge in [-0.1, -0.05) is 12.1 Å². The van der Waals surface area contributed by atoms with Crippen molar-refractivity contribution in [2.45, 2.75) is 6.61 Å². The zero-order valence-electron chi connectivity index (χ0n) is 11.4. The minimum absolute atomic E-state index is 0.230. The number of methoxy groups -OCH3 is 1. The van der Waals surface area contributed by atoms with E-state index in [1.807, 2.05) is 24.3 Å². The first-order valence-electron chi connectivity index (χ1n) is 6.48. The second kappa shape index (κ2) is 7.50. The molecule has 4 heteroatoms. The van der Waals surface area contributed by atoms with Crippen LogP contribution in [0, 0.1) is 5.82 Å². The third kappa shape index (κ3) is 4.55. The first-order chi connectivity index (χ1) is 9.78. The molecule has 0 atom stereocenters. The molecule has 2 aromatic rings. The summed E-state index contributed by atoms with van der Waals surface area (Å²) in [6.45, 7) is 1.83. The van der Waals surface area contributed by atoms with Gasteiger partial charge in [0.05, 0.1) is 20.3 Å². The second-order valence-electron chi connectivity index (χ2n) is 4.33. The maximum Gasteiger partial charge on any atom is 0.123 e. The molecule has 0 amide bonds. The van der Waals surface area contributed by atoms with E-state index < -0.39 is 0 Å². The first-order valence-corrected chi connectivity index (χ1v) is 6.48. The Labute approximate surface area is 118 Å². The molecule has 1 N–H and O–H groups in total. The summed E-state index contributed by atoms with van der Waals surface area (Å²) in [7, 11) is 1.65. The molecule has 0 radical (unpaired) electrons. The Morgan fingerprint density at radius 1 is 1.00 bits per heavy atom. The molecule has 0 aliphatic carbocycles. The van der Waals surface area contributed by atoms with Crippen LogP contribution in [0.2, 0.25) is 0 Å². The van der Waals surface area contributed by atoms with Gasteiger partial charge in [-0.25, -0.2) is 4.39 Å². The molecule has 0 bridgehead atoms. The maximum absolute atomic E-state index is 12.7. The molecule has 2 rings (SSSR count). The van der Waals surface area contributed by atoms with Gasteiger partial charge < -0.3 is 14.8 Å². The quantitative estimate of drug-likeness (QED) is 0.785. The van der Waals surface area contributed by atoms with Crippen LogP contribution >= 0.6 is 0 Å². The molecular formula is C16H18FNO2. The molecule has 20 heavy (non-hydrogen) atoms. The molecule has 0 aliphatic heterocycles. The van der Waals surface area contributed by atoms with Crippen LogP contribution < -0.4 is 10.1 Å². The number of ether oxygens (including phenoxy) is 2. The van der Waals surface area contributed by atoms with E-state index in [1.54, 1.807) is 19.2 Å².